The highest BCUT2D eigenvalue weighted by atomic mass is 79.9. The molecule has 0 N–H and O–H groups in total. The Morgan fingerprint density at radius 3 is 2.08 bits per heavy atom. The first kappa shape index (κ1) is 18.4. The predicted molar refractivity (Wildman–Crippen MR) is 102 cm³/mol. The number of ether oxygens (including phenoxy) is 1. The van der Waals surface area contributed by atoms with E-state index in [-0.39, 0.29) is 11.6 Å². The van der Waals surface area contributed by atoms with Gasteiger partial charge in [0.05, 0.1) is 5.69 Å². The molecular formula is C19H20BrNO3S. The number of carbonyl (C=O) groups is 2. The SMILES string of the molecule is Cc1sc(-c2ccc(Br)cc2)nc1C1C(=O)C(C)(C)OC(C)(C)C1=O. The minimum Gasteiger partial charge on any atom is -0.354 e. The maximum Gasteiger partial charge on any atom is 0.180 e. The summed E-state index contributed by atoms with van der Waals surface area (Å²) in [6, 6.07) is 7.83. The molecule has 6 heteroatoms. The Hall–Kier alpha value is -1.37. The number of thiazole rings is 1. The molecule has 132 valence electrons. The molecule has 1 saturated heterocycles. The van der Waals surface area contributed by atoms with Crippen LogP contribution in [0.3, 0.4) is 0 Å². The van der Waals surface area contributed by atoms with Crippen molar-refractivity contribution in [3.8, 4) is 10.6 Å². The van der Waals surface area contributed by atoms with Crippen LogP contribution in [-0.4, -0.2) is 27.8 Å². The van der Waals surface area contributed by atoms with Crippen molar-refractivity contribution < 1.29 is 14.3 Å². The number of hydrogen-bond acceptors (Lipinski definition) is 5. The maximum absolute atomic E-state index is 12.9. The van der Waals surface area contributed by atoms with Crippen LogP contribution in [0.2, 0.25) is 0 Å². The average Bonchev–Trinajstić information content (AvgIpc) is 2.88. The summed E-state index contributed by atoms with van der Waals surface area (Å²) in [6.45, 7) is 8.77. The molecule has 1 aromatic carbocycles. The highest BCUT2D eigenvalue weighted by molar-refractivity contribution is 9.10. The molecule has 0 bridgehead atoms. The van der Waals surface area contributed by atoms with E-state index in [2.05, 4.69) is 20.9 Å². The van der Waals surface area contributed by atoms with Crippen LogP contribution in [0.1, 0.15) is 44.2 Å². The van der Waals surface area contributed by atoms with Gasteiger partial charge >= 0.3 is 0 Å². The fourth-order valence-electron chi connectivity index (χ4n) is 3.19. The van der Waals surface area contributed by atoms with E-state index in [0.29, 0.717) is 5.69 Å². The summed E-state index contributed by atoms with van der Waals surface area (Å²) in [6.07, 6.45) is 0. The zero-order valence-corrected chi connectivity index (χ0v) is 17.2. The van der Waals surface area contributed by atoms with E-state index >= 15 is 0 Å². The van der Waals surface area contributed by atoms with Gasteiger partial charge in [-0.1, -0.05) is 28.1 Å². The zero-order chi connectivity index (χ0) is 18.6. The van der Waals surface area contributed by atoms with E-state index < -0.39 is 17.1 Å². The number of halogens is 1. The number of carbonyl (C=O) groups excluding carboxylic acids is 2. The van der Waals surface area contributed by atoms with Crippen LogP contribution in [0.15, 0.2) is 28.7 Å². The minimum atomic E-state index is -1.02. The lowest BCUT2D eigenvalue weighted by Crippen LogP contribution is -2.58. The van der Waals surface area contributed by atoms with E-state index in [9.17, 15) is 9.59 Å². The quantitative estimate of drug-likeness (QED) is 0.659. The Bertz CT molecular complexity index is 826. The first-order chi connectivity index (χ1) is 11.5. The van der Waals surface area contributed by atoms with Crippen molar-refractivity contribution in [3.63, 3.8) is 0 Å². The highest BCUT2D eigenvalue weighted by Gasteiger charge is 2.54. The van der Waals surface area contributed by atoms with Gasteiger partial charge in [-0.05, 0) is 46.8 Å². The Morgan fingerprint density at radius 1 is 1.04 bits per heavy atom. The molecule has 1 aromatic heterocycles. The topological polar surface area (TPSA) is 56.3 Å². The summed E-state index contributed by atoms with van der Waals surface area (Å²) in [5.74, 6) is -1.33. The Kier molecular flexibility index (Phi) is 4.50. The second-order valence-corrected chi connectivity index (χ2v) is 9.37. The predicted octanol–water partition coefficient (Wildman–Crippen LogP) is 4.69. The summed E-state index contributed by atoms with van der Waals surface area (Å²) in [7, 11) is 0. The van der Waals surface area contributed by atoms with Gasteiger partial charge in [-0.3, -0.25) is 9.59 Å². The molecule has 2 heterocycles. The van der Waals surface area contributed by atoms with Gasteiger partial charge < -0.3 is 4.74 Å². The molecule has 0 radical (unpaired) electrons. The number of rotatable bonds is 2. The molecule has 1 aliphatic rings. The molecule has 0 amide bonds. The van der Waals surface area contributed by atoms with E-state index in [0.717, 1.165) is 19.9 Å². The normalized spacial score (nSPS) is 20.1. The fourth-order valence-corrected chi connectivity index (χ4v) is 4.41. The molecule has 0 spiro atoms. The molecule has 0 atom stereocenters. The van der Waals surface area contributed by atoms with Gasteiger partial charge in [0.25, 0.3) is 0 Å². The summed E-state index contributed by atoms with van der Waals surface area (Å²) < 4.78 is 6.74. The molecule has 4 nitrogen and oxygen atoms in total. The average molecular weight is 422 g/mol. The van der Waals surface area contributed by atoms with Gasteiger partial charge in [0.15, 0.2) is 11.6 Å². The third-order valence-corrected chi connectivity index (χ3v) is 5.98. The van der Waals surface area contributed by atoms with Crippen LogP contribution in [-0.2, 0) is 14.3 Å². The second kappa shape index (κ2) is 6.11. The molecule has 2 aromatic rings. The van der Waals surface area contributed by atoms with Gasteiger partial charge in [-0.25, -0.2) is 4.98 Å². The van der Waals surface area contributed by atoms with Crippen molar-refractivity contribution in [2.75, 3.05) is 0 Å². The molecule has 0 aliphatic carbocycles. The van der Waals surface area contributed by atoms with Gasteiger partial charge in [-0.15, -0.1) is 11.3 Å². The van der Waals surface area contributed by atoms with Crippen molar-refractivity contribution in [2.24, 2.45) is 0 Å². The van der Waals surface area contributed by atoms with Crippen LogP contribution in [0.5, 0.6) is 0 Å². The fraction of sp³-hybridized carbons (Fsp3) is 0.421. The van der Waals surface area contributed by atoms with Crippen LogP contribution >= 0.6 is 27.3 Å². The maximum atomic E-state index is 12.9. The van der Waals surface area contributed by atoms with Crippen molar-refractivity contribution in [1.29, 1.82) is 0 Å². The van der Waals surface area contributed by atoms with Gasteiger partial charge in [0, 0.05) is 14.9 Å². The van der Waals surface area contributed by atoms with Crippen LogP contribution in [0, 0.1) is 6.92 Å². The molecule has 1 aliphatic heterocycles. The molecule has 1 fully saturated rings. The monoisotopic (exact) mass is 421 g/mol. The number of ketones is 2. The van der Waals surface area contributed by atoms with Crippen LogP contribution in [0.25, 0.3) is 10.6 Å². The Balaban J connectivity index is 2.07. The zero-order valence-electron chi connectivity index (χ0n) is 14.8. The smallest absolute Gasteiger partial charge is 0.180 e. The number of aromatic nitrogens is 1. The van der Waals surface area contributed by atoms with Gasteiger partial charge in [0.1, 0.15) is 22.1 Å². The third kappa shape index (κ3) is 3.23. The molecular weight excluding hydrogens is 402 g/mol. The lowest BCUT2D eigenvalue weighted by molar-refractivity contribution is -0.184. The summed E-state index contributed by atoms with van der Waals surface area (Å²) in [5, 5.41) is 0.808. The number of benzene rings is 1. The molecule has 0 saturated carbocycles. The van der Waals surface area contributed by atoms with Gasteiger partial charge in [-0.2, -0.15) is 0 Å². The number of nitrogens with zero attached hydrogens (tertiary/aromatic N) is 1. The summed E-state index contributed by atoms with van der Waals surface area (Å²) in [5.41, 5.74) is -0.512. The lowest BCUT2D eigenvalue weighted by Gasteiger charge is -2.42. The minimum absolute atomic E-state index is 0.229. The molecule has 3 rings (SSSR count). The molecule has 25 heavy (non-hydrogen) atoms. The van der Waals surface area contributed by atoms with E-state index in [1.54, 1.807) is 27.7 Å². The highest BCUT2D eigenvalue weighted by Crippen LogP contribution is 2.41. The van der Waals surface area contributed by atoms with Crippen LogP contribution < -0.4 is 0 Å². The van der Waals surface area contributed by atoms with Gasteiger partial charge in [0.2, 0.25) is 0 Å². The largest absolute Gasteiger partial charge is 0.354 e. The van der Waals surface area contributed by atoms with Crippen molar-refractivity contribution in [2.45, 2.75) is 51.7 Å². The Labute approximate surface area is 159 Å². The second-order valence-electron chi connectivity index (χ2n) is 7.25. The first-order valence-corrected chi connectivity index (χ1v) is 9.66. The van der Waals surface area contributed by atoms with E-state index in [4.69, 9.17) is 4.74 Å². The molecule has 0 unspecified atom stereocenters. The third-order valence-electron chi connectivity index (χ3n) is 4.42. The Morgan fingerprint density at radius 2 is 1.56 bits per heavy atom. The summed E-state index contributed by atoms with van der Waals surface area (Å²) in [4.78, 5) is 31.4. The number of hydrogen-bond donors (Lipinski definition) is 0. The summed E-state index contributed by atoms with van der Waals surface area (Å²) >= 11 is 4.92. The van der Waals surface area contributed by atoms with Crippen molar-refractivity contribution in [1.82, 2.24) is 4.98 Å². The van der Waals surface area contributed by atoms with Crippen LogP contribution in [0.4, 0.5) is 0 Å². The van der Waals surface area contributed by atoms with E-state index in [1.807, 2.05) is 31.2 Å². The van der Waals surface area contributed by atoms with Crippen molar-refractivity contribution in [3.05, 3.63) is 39.3 Å². The lowest BCUT2D eigenvalue weighted by atomic mass is 9.76. The number of Topliss-reactive ketones (excluding diaryl/α,β-unsaturated/α-hetero) is 2. The standard InChI is InChI=1S/C19H20BrNO3S/c1-10-14(21-17(25-10)11-6-8-12(20)9-7-11)13-15(22)18(2,3)24-19(4,5)16(13)23/h6-9,13H,1-5H3. The first-order valence-electron chi connectivity index (χ1n) is 8.05. The van der Waals surface area contributed by atoms with E-state index in [1.165, 1.54) is 11.3 Å². The van der Waals surface area contributed by atoms with Crippen molar-refractivity contribution >= 4 is 38.8 Å². The number of aryl methyl sites for hydroxylation is 1.